The number of nitrogens with one attached hydrogen (secondary N) is 2. The fourth-order valence-corrected chi connectivity index (χ4v) is 3.18. The van der Waals surface area contributed by atoms with Crippen LogP contribution >= 0.6 is 12.4 Å². The number of piperidine rings is 1. The van der Waals surface area contributed by atoms with E-state index in [0.717, 1.165) is 36.4 Å². The van der Waals surface area contributed by atoms with Crippen molar-refractivity contribution in [1.82, 2.24) is 10.6 Å². The number of benzene rings is 2. The molecule has 1 fully saturated rings. The van der Waals surface area contributed by atoms with Crippen molar-refractivity contribution in [3.63, 3.8) is 0 Å². The van der Waals surface area contributed by atoms with Crippen LogP contribution in [0.25, 0.3) is 0 Å². The number of hydrogen-bond acceptors (Lipinski definition) is 3. The summed E-state index contributed by atoms with van der Waals surface area (Å²) in [5.41, 5.74) is 2.18. The van der Waals surface area contributed by atoms with Gasteiger partial charge in [-0.1, -0.05) is 35.9 Å². The first-order valence-corrected chi connectivity index (χ1v) is 8.95. The second kappa shape index (κ2) is 9.60. The van der Waals surface area contributed by atoms with Crippen LogP contribution in [0.5, 0.6) is 11.5 Å². The molecule has 1 amide bonds. The standard InChI is InChI=1S/C21H26N2O2.ClH/c1-15-7-9-19(10-8-15)25-20-6-4-3-5-18(20)14-23-21(24)17-11-12-22-16(2)13-17;/h3-10,16-17,22H,11-14H2,1-2H3,(H,23,24);1H/t16-,17-;/m0./s1. The van der Waals surface area contributed by atoms with Gasteiger partial charge in [0, 0.05) is 24.1 Å². The number of rotatable bonds is 5. The Labute approximate surface area is 161 Å². The van der Waals surface area contributed by atoms with E-state index in [1.165, 1.54) is 5.56 Å². The molecular formula is C21H27ClN2O2. The van der Waals surface area contributed by atoms with Gasteiger partial charge >= 0.3 is 0 Å². The van der Waals surface area contributed by atoms with Gasteiger partial charge in [-0.15, -0.1) is 12.4 Å². The second-order valence-electron chi connectivity index (χ2n) is 6.82. The van der Waals surface area contributed by atoms with E-state index in [-0.39, 0.29) is 24.2 Å². The van der Waals surface area contributed by atoms with Gasteiger partial charge in [0.1, 0.15) is 11.5 Å². The lowest BCUT2D eigenvalue weighted by Gasteiger charge is -2.27. The Morgan fingerprint density at radius 3 is 2.65 bits per heavy atom. The van der Waals surface area contributed by atoms with E-state index < -0.39 is 0 Å². The Morgan fingerprint density at radius 2 is 1.92 bits per heavy atom. The highest BCUT2D eigenvalue weighted by Crippen LogP contribution is 2.25. The van der Waals surface area contributed by atoms with Crippen LogP contribution in [-0.4, -0.2) is 18.5 Å². The molecule has 2 aromatic carbocycles. The monoisotopic (exact) mass is 374 g/mol. The van der Waals surface area contributed by atoms with E-state index in [1.54, 1.807) is 0 Å². The van der Waals surface area contributed by atoms with Gasteiger partial charge in [-0.2, -0.15) is 0 Å². The number of carbonyl (C=O) groups is 1. The lowest BCUT2D eigenvalue weighted by Crippen LogP contribution is -2.42. The predicted molar refractivity (Wildman–Crippen MR) is 107 cm³/mol. The Morgan fingerprint density at radius 1 is 1.19 bits per heavy atom. The van der Waals surface area contributed by atoms with Gasteiger partial charge in [0.25, 0.3) is 0 Å². The Kier molecular flexibility index (Phi) is 7.49. The molecule has 3 rings (SSSR count). The van der Waals surface area contributed by atoms with Crippen molar-refractivity contribution in [3.8, 4) is 11.5 Å². The molecule has 26 heavy (non-hydrogen) atoms. The second-order valence-corrected chi connectivity index (χ2v) is 6.82. The molecule has 140 valence electrons. The van der Waals surface area contributed by atoms with Crippen molar-refractivity contribution in [1.29, 1.82) is 0 Å². The number of halogens is 1. The molecule has 1 aliphatic heterocycles. The van der Waals surface area contributed by atoms with Gasteiger partial charge < -0.3 is 15.4 Å². The highest BCUT2D eigenvalue weighted by molar-refractivity contribution is 5.85. The maximum atomic E-state index is 12.4. The van der Waals surface area contributed by atoms with E-state index in [2.05, 4.69) is 24.5 Å². The van der Waals surface area contributed by atoms with Crippen molar-refractivity contribution >= 4 is 18.3 Å². The van der Waals surface area contributed by atoms with Crippen LogP contribution in [0, 0.1) is 12.8 Å². The van der Waals surface area contributed by atoms with Crippen molar-refractivity contribution in [2.45, 2.75) is 39.3 Å². The predicted octanol–water partition coefficient (Wildman–Crippen LogP) is 4.21. The molecule has 2 atom stereocenters. The summed E-state index contributed by atoms with van der Waals surface area (Å²) < 4.78 is 6.00. The van der Waals surface area contributed by atoms with Crippen molar-refractivity contribution in [3.05, 3.63) is 59.7 Å². The molecule has 4 nitrogen and oxygen atoms in total. The van der Waals surface area contributed by atoms with Gasteiger partial charge in [-0.3, -0.25) is 4.79 Å². The molecule has 2 N–H and O–H groups in total. The molecule has 0 aromatic heterocycles. The molecule has 0 radical (unpaired) electrons. The molecule has 1 heterocycles. The van der Waals surface area contributed by atoms with Crippen LogP contribution < -0.4 is 15.4 Å². The van der Waals surface area contributed by atoms with E-state index in [1.807, 2.05) is 48.5 Å². The van der Waals surface area contributed by atoms with Gasteiger partial charge in [0.2, 0.25) is 5.91 Å². The lowest BCUT2D eigenvalue weighted by molar-refractivity contribution is -0.126. The molecule has 0 unspecified atom stereocenters. The largest absolute Gasteiger partial charge is 0.457 e. The number of aryl methyl sites for hydroxylation is 1. The third kappa shape index (κ3) is 5.48. The minimum absolute atomic E-state index is 0. The number of carbonyl (C=O) groups excluding carboxylic acids is 1. The summed E-state index contributed by atoms with van der Waals surface area (Å²) >= 11 is 0. The molecular weight excluding hydrogens is 348 g/mol. The third-order valence-electron chi connectivity index (χ3n) is 4.67. The summed E-state index contributed by atoms with van der Waals surface area (Å²) in [6.07, 6.45) is 1.80. The Balaban J connectivity index is 0.00000243. The highest BCUT2D eigenvalue weighted by Gasteiger charge is 2.24. The van der Waals surface area contributed by atoms with Crippen LogP contribution in [-0.2, 0) is 11.3 Å². The topological polar surface area (TPSA) is 50.4 Å². The number of amides is 1. The summed E-state index contributed by atoms with van der Waals surface area (Å²) in [5.74, 6) is 1.82. The summed E-state index contributed by atoms with van der Waals surface area (Å²) in [5, 5.41) is 6.46. The molecule has 1 aliphatic rings. The van der Waals surface area contributed by atoms with Crippen LogP contribution in [0.3, 0.4) is 0 Å². The maximum absolute atomic E-state index is 12.4. The molecule has 0 spiro atoms. The van der Waals surface area contributed by atoms with Crippen LogP contribution in [0.2, 0.25) is 0 Å². The summed E-state index contributed by atoms with van der Waals surface area (Å²) in [6.45, 7) is 5.57. The van der Waals surface area contributed by atoms with E-state index in [9.17, 15) is 4.79 Å². The van der Waals surface area contributed by atoms with Crippen LogP contribution in [0.15, 0.2) is 48.5 Å². The fraction of sp³-hybridized carbons (Fsp3) is 0.381. The first kappa shape index (κ1) is 20.3. The van der Waals surface area contributed by atoms with Gasteiger partial charge in [-0.25, -0.2) is 0 Å². The van der Waals surface area contributed by atoms with Gasteiger partial charge in [-0.05, 0) is 51.4 Å². The number of ether oxygens (including phenoxy) is 1. The normalized spacial score (nSPS) is 19.3. The minimum Gasteiger partial charge on any atom is -0.457 e. The van der Waals surface area contributed by atoms with Crippen molar-refractivity contribution in [2.24, 2.45) is 5.92 Å². The van der Waals surface area contributed by atoms with Crippen molar-refractivity contribution in [2.75, 3.05) is 6.54 Å². The third-order valence-corrected chi connectivity index (χ3v) is 4.67. The zero-order valence-electron chi connectivity index (χ0n) is 15.3. The van der Waals surface area contributed by atoms with Crippen molar-refractivity contribution < 1.29 is 9.53 Å². The number of para-hydroxylation sites is 1. The van der Waals surface area contributed by atoms with Crippen LogP contribution in [0.4, 0.5) is 0 Å². The van der Waals surface area contributed by atoms with E-state index in [0.29, 0.717) is 12.6 Å². The molecule has 0 aliphatic carbocycles. The average molecular weight is 375 g/mol. The zero-order valence-corrected chi connectivity index (χ0v) is 16.1. The first-order valence-electron chi connectivity index (χ1n) is 8.95. The van der Waals surface area contributed by atoms with Gasteiger partial charge in [0.05, 0.1) is 0 Å². The van der Waals surface area contributed by atoms with E-state index >= 15 is 0 Å². The quantitative estimate of drug-likeness (QED) is 0.824. The lowest BCUT2D eigenvalue weighted by atomic mass is 9.92. The summed E-state index contributed by atoms with van der Waals surface area (Å²) in [4.78, 5) is 12.4. The Bertz CT molecular complexity index is 718. The highest BCUT2D eigenvalue weighted by atomic mass is 35.5. The minimum atomic E-state index is 0. The molecule has 1 saturated heterocycles. The number of hydrogen-bond donors (Lipinski definition) is 2. The first-order chi connectivity index (χ1) is 12.1. The fourth-order valence-electron chi connectivity index (χ4n) is 3.18. The summed E-state index contributed by atoms with van der Waals surface area (Å²) in [7, 11) is 0. The molecule has 2 aromatic rings. The zero-order chi connectivity index (χ0) is 17.6. The van der Waals surface area contributed by atoms with Gasteiger partial charge in [0.15, 0.2) is 0 Å². The molecule has 5 heteroatoms. The maximum Gasteiger partial charge on any atom is 0.223 e. The average Bonchev–Trinajstić information content (AvgIpc) is 2.62. The Hall–Kier alpha value is -2.04. The summed E-state index contributed by atoms with van der Waals surface area (Å²) in [6, 6.07) is 16.2. The van der Waals surface area contributed by atoms with E-state index in [4.69, 9.17) is 4.74 Å². The molecule has 0 bridgehead atoms. The SMILES string of the molecule is Cc1ccc(Oc2ccccc2CNC(=O)[C@H]2CCN[C@@H](C)C2)cc1.Cl. The smallest absolute Gasteiger partial charge is 0.223 e. The molecule has 0 saturated carbocycles. The van der Waals surface area contributed by atoms with Crippen LogP contribution in [0.1, 0.15) is 30.9 Å².